The van der Waals surface area contributed by atoms with Gasteiger partial charge in [0.1, 0.15) is 19.0 Å². The number of anilines is 1. The summed E-state index contributed by atoms with van der Waals surface area (Å²) in [5.74, 6) is -3.04. The Labute approximate surface area is 124 Å². The van der Waals surface area contributed by atoms with E-state index in [9.17, 15) is 18.0 Å². The van der Waals surface area contributed by atoms with Crippen LogP contribution in [0, 0.1) is 6.92 Å². The van der Waals surface area contributed by atoms with E-state index in [0.29, 0.717) is 5.75 Å². The number of halogens is 3. The molecule has 120 valence electrons. The fourth-order valence-corrected chi connectivity index (χ4v) is 1.90. The van der Waals surface area contributed by atoms with Crippen LogP contribution in [0.4, 0.5) is 18.9 Å². The van der Waals surface area contributed by atoms with Crippen LogP contribution in [-0.2, 0) is 14.3 Å². The normalized spacial score (nSPS) is 15.0. The summed E-state index contributed by atoms with van der Waals surface area (Å²) in [4.78, 5) is 12.1. The summed E-state index contributed by atoms with van der Waals surface area (Å²) in [7, 11) is 1.39. The number of benzene rings is 1. The molecular weight excluding hydrogens is 303 g/mol. The first-order valence-corrected chi connectivity index (χ1v) is 6.36. The van der Waals surface area contributed by atoms with E-state index < -0.39 is 23.6 Å². The third-order valence-corrected chi connectivity index (χ3v) is 2.85. The molecule has 0 radical (unpaired) electrons. The summed E-state index contributed by atoms with van der Waals surface area (Å²) in [5, 5.41) is 2.35. The number of nitrogens with one attached hydrogen (secondary N) is 1. The minimum atomic E-state index is -4.80. The maximum atomic E-state index is 12.8. The van der Waals surface area contributed by atoms with Crippen LogP contribution < -0.4 is 10.1 Å². The lowest BCUT2D eigenvalue weighted by Crippen LogP contribution is -2.30. The van der Waals surface area contributed by atoms with E-state index >= 15 is 0 Å². The largest absolute Gasteiger partial charge is 0.495 e. The van der Waals surface area contributed by atoms with Crippen molar-refractivity contribution in [3.63, 3.8) is 0 Å². The first-order chi connectivity index (χ1) is 10.3. The Hall–Kier alpha value is -2.38. The third-order valence-electron chi connectivity index (χ3n) is 2.85. The van der Waals surface area contributed by atoms with E-state index in [-0.39, 0.29) is 18.9 Å². The molecule has 0 fully saturated rings. The smallest absolute Gasteiger partial charge is 0.453 e. The lowest BCUT2D eigenvalue weighted by atomic mass is 10.2. The molecule has 1 heterocycles. The molecule has 0 aromatic heterocycles. The molecule has 22 heavy (non-hydrogen) atoms. The Morgan fingerprint density at radius 2 is 1.95 bits per heavy atom. The number of carbonyl (C=O) groups is 1. The van der Waals surface area contributed by atoms with Crippen LogP contribution in [0.15, 0.2) is 29.7 Å². The van der Waals surface area contributed by atoms with Gasteiger partial charge in [-0.2, -0.15) is 13.2 Å². The second kappa shape index (κ2) is 6.17. The van der Waals surface area contributed by atoms with Crippen molar-refractivity contribution in [1.29, 1.82) is 0 Å². The van der Waals surface area contributed by atoms with E-state index in [1.807, 2.05) is 0 Å². The Bertz CT molecular complexity index is 611. The predicted octanol–water partition coefficient (Wildman–Crippen LogP) is 2.76. The average Bonchev–Trinajstić information content (AvgIpc) is 2.46. The number of aryl methyl sites for hydroxylation is 1. The maximum Gasteiger partial charge on any atom is 0.453 e. The summed E-state index contributed by atoms with van der Waals surface area (Å²) in [6, 6.07) is 4.92. The molecule has 0 bridgehead atoms. The summed E-state index contributed by atoms with van der Waals surface area (Å²) < 4.78 is 52.9. The highest BCUT2D eigenvalue weighted by Gasteiger charge is 2.43. The molecule has 8 heteroatoms. The van der Waals surface area contributed by atoms with Crippen LogP contribution in [0.3, 0.4) is 0 Å². The summed E-state index contributed by atoms with van der Waals surface area (Å²) in [6.45, 7) is 1.38. The molecule has 0 aliphatic carbocycles. The van der Waals surface area contributed by atoms with Gasteiger partial charge in [-0.1, -0.05) is 6.07 Å². The van der Waals surface area contributed by atoms with Crippen molar-refractivity contribution < 1.29 is 32.2 Å². The number of allylic oxidation sites excluding steroid dienone is 1. The SMILES string of the molecule is COc1ccc(C)cc1NC(=O)C1=C(C(F)(F)F)OCCO1. The lowest BCUT2D eigenvalue weighted by molar-refractivity contribution is -0.151. The average molecular weight is 317 g/mol. The fourth-order valence-electron chi connectivity index (χ4n) is 1.90. The van der Waals surface area contributed by atoms with Crippen molar-refractivity contribution in [2.24, 2.45) is 0 Å². The summed E-state index contributed by atoms with van der Waals surface area (Å²) >= 11 is 0. The Balaban J connectivity index is 2.32. The number of hydrogen-bond acceptors (Lipinski definition) is 4. The van der Waals surface area contributed by atoms with Crippen molar-refractivity contribution in [2.45, 2.75) is 13.1 Å². The van der Waals surface area contributed by atoms with Gasteiger partial charge in [-0.3, -0.25) is 4.79 Å². The summed E-state index contributed by atoms with van der Waals surface area (Å²) in [5.41, 5.74) is 1.05. The van der Waals surface area contributed by atoms with Gasteiger partial charge in [-0.05, 0) is 24.6 Å². The van der Waals surface area contributed by atoms with Crippen LogP contribution in [0.25, 0.3) is 0 Å². The molecule has 1 aromatic carbocycles. The van der Waals surface area contributed by atoms with E-state index in [2.05, 4.69) is 10.1 Å². The fraction of sp³-hybridized carbons (Fsp3) is 0.357. The Morgan fingerprint density at radius 3 is 2.59 bits per heavy atom. The number of rotatable bonds is 3. The number of carbonyl (C=O) groups excluding carboxylic acids is 1. The van der Waals surface area contributed by atoms with Gasteiger partial charge in [0.2, 0.25) is 11.5 Å². The molecule has 1 aromatic rings. The molecule has 5 nitrogen and oxygen atoms in total. The summed E-state index contributed by atoms with van der Waals surface area (Å²) in [6.07, 6.45) is -4.80. The van der Waals surface area contributed by atoms with Crippen LogP contribution >= 0.6 is 0 Å². The predicted molar refractivity (Wildman–Crippen MR) is 71.3 cm³/mol. The van der Waals surface area contributed by atoms with Gasteiger partial charge in [0.15, 0.2) is 0 Å². The molecule has 1 N–H and O–H groups in total. The minimum Gasteiger partial charge on any atom is -0.495 e. The molecule has 0 atom stereocenters. The van der Waals surface area contributed by atoms with Crippen molar-refractivity contribution in [3.8, 4) is 5.75 Å². The molecule has 0 unspecified atom stereocenters. The topological polar surface area (TPSA) is 56.8 Å². The molecule has 1 aliphatic rings. The first kappa shape index (κ1) is 16.0. The zero-order valence-electron chi connectivity index (χ0n) is 11.9. The molecule has 1 amide bonds. The molecule has 0 spiro atoms. The van der Waals surface area contributed by atoms with Crippen LogP contribution in [0.5, 0.6) is 5.75 Å². The zero-order valence-corrected chi connectivity index (χ0v) is 11.9. The highest BCUT2D eigenvalue weighted by molar-refractivity contribution is 6.03. The number of methoxy groups -OCH3 is 1. The van der Waals surface area contributed by atoms with Gasteiger partial charge in [0.25, 0.3) is 5.91 Å². The van der Waals surface area contributed by atoms with Gasteiger partial charge in [0.05, 0.1) is 12.8 Å². The standard InChI is InChI=1S/C14H14F3NO4/c1-8-3-4-10(20-2)9(7-8)18-13(19)11-12(14(15,16)17)22-6-5-21-11/h3-4,7H,5-6H2,1-2H3,(H,18,19). The number of amides is 1. The van der Waals surface area contributed by atoms with E-state index in [0.717, 1.165) is 5.56 Å². The van der Waals surface area contributed by atoms with Crippen LogP contribution in [0.2, 0.25) is 0 Å². The molecular formula is C14H14F3NO4. The monoisotopic (exact) mass is 317 g/mol. The number of alkyl halides is 3. The zero-order chi connectivity index (χ0) is 16.3. The highest BCUT2D eigenvalue weighted by atomic mass is 19.4. The second-order valence-electron chi connectivity index (χ2n) is 4.51. The van der Waals surface area contributed by atoms with Gasteiger partial charge >= 0.3 is 6.18 Å². The quantitative estimate of drug-likeness (QED) is 0.931. The van der Waals surface area contributed by atoms with Crippen molar-refractivity contribution in [2.75, 3.05) is 25.6 Å². The van der Waals surface area contributed by atoms with Crippen molar-refractivity contribution in [3.05, 3.63) is 35.3 Å². The van der Waals surface area contributed by atoms with E-state index in [4.69, 9.17) is 9.47 Å². The van der Waals surface area contributed by atoms with Gasteiger partial charge in [-0.25, -0.2) is 0 Å². The molecule has 1 aliphatic heterocycles. The van der Waals surface area contributed by atoms with Gasteiger partial charge in [0, 0.05) is 0 Å². The number of ether oxygens (including phenoxy) is 3. The highest BCUT2D eigenvalue weighted by Crippen LogP contribution is 2.33. The third kappa shape index (κ3) is 3.44. The van der Waals surface area contributed by atoms with Crippen molar-refractivity contribution >= 4 is 11.6 Å². The van der Waals surface area contributed by atoms with Gasteiger partial charge in [-0.15, -0.1) is 0 Å². The molecule has 0 saturated heterocycles. The molecule has 2 rings (SSSR count). The Kier molecular flexibility index (Phi) is 4.48. The van der Waals surface area contributed by atoms with Gasteiger partial charge < -0.3 is 19.5 Å². The molecule has 0 saturated carbocycles. The van der Waals surface area contributed by atoms with Crippen LogP contribution in [-0.4, -0.2) is 32.4 Å². The van der Waals surface area contributed by atoms with Crippen LogP contribution in [0.1, 0.15) is 5.56 Å². The minimum absolute atomic E-state index is 0.132. The lowest BCUT2D eigenvalue weighted by Gasteiger charge is -2.23. The van der Waals surface area contributed by atoms with Crippen molar-refractivity contribution in [1.82, 2.24) is 0 Å². The van der Waals surface area contributed by atoms with E-state index in [1.54, 1.807) is 25.1 Å². The Morgan fingerprint density at radius 1 is 1.27 bits per heavy atom. The maximum absolute atomic E-state index is 12.8. The second-order valence-corrected chi connectivity index (χ2v) is 4.51. The van der Waals surface area contributed by atoms with E-state index in [1.165, 1.54) is 7.11 Å². The first-order valence-electron chi connectivity index (χ1n) is 6.36. The number of hydrogen-bond donors (Lipinski definition) is 1.